The van der Waals surface area contributed by atoms with E-state index in [-0.39, 0.29) is 0 Å². The van der Waals surface area contributed by atoms with Gasteiger partial charge in [-0.1, -0.05) is 12.1 Å². The average molecular weight is 174 g/mol. The number of rotatable bonds is 3. The van der Waals surface area contributed by atoms with Crippen LogP contribution in [0.3, 0.4) is 0 Å². The third-order valence-electron chi connectivity index (χ3n) is 2.33. The van der Waals surface area contributed by atoms with E-state index in [9.17, 15) is 0 Å². The molecule has 2 heteroatoms. The fourth-order valence-corrected chi connectivity index (χ4v) is 1.63. The number of fused-ring (bicyclic) bond motifs is 1. The monoisotopic (exact) mass is 174 g/mol. The van der Waals surface area contributed by atoms with Crippen molar-refractivity contribution in [3.63, 3.8) is 0 Å². The fourth-order valence-electron chi connectivity index (χ4n) is 1.63. The van der Waals surface area contributed by atoms with Crippen molar-refractivity contribution >= 4 is 10.9 Å². The van der Waals surface area contributed by atoms with E-state index < -0.39 is 0 Å². The number of benzene rings is 1. The number of hydrogen-bond acceptors (Lipinski definition) is 1. The van der Waals surface area contributed by atoms with Crippen LogP contribution in [0, 0.1) is 0 Å². The molecule has 1 aromatic carbocycles. The molecule has 2 rings (SSSR count). The lowest BCUT2D eigenvalue weighted by atomic mass is 10.1. The first kappa shape index (κ1) is 8.32. The van der Waals surface area contributed by atoms with Crippen molar-refractivity contribution in [3.8, 4) is 0 Å². The van der Waals surface area contributed by atoms with E-state index in [0.717, 1.165) is 13.0 Å². The molecule has 68 valence electrons. The largest absolute Gasteiger partial charge is 0.361 e. The second-order valence-electron chi connectivity index (χ2n) is 3.21. The number of aromatic amines is 1. The summed E-state index contributed by atoms with van der Waals surface area (Å²) in [5, 5.41) is 4.51. The summed E-state index contributed by atoms with van der Waals surface area (Å²) < 4.78 is 0. The van der Waals surface area contributed by atoms with Gasteiger partial charge in [0.1, 0.15) is 0 Å². The molecular weight excluding hydrogens is 160 g/mol. The third-order valence-corrected chi connectivity index (χ3v) is 2.33. The Morgan fingerprint density at radius 3 is 3.08 bits per heavy atom. The maximum atomic E-state index is 3.22. The molecule has 0 saturated heterocycles. The minimum absolute atomic E-state index is 1.03. The first-order valence-corrected chi connectivity index (χ1v) is 4.61. The van der Waals surface area contributed by atoms with Gasteiger partial charge in [0, 0.05) is 17.1 Å². The Morgan fingerprint density at radius 1 is 1.31 bits per heavy atom. The molecule has 1 aromatic heterocycles. The van der Waals surface area contributed by atoms with Gasteiger partial charge in [-0.2, -0.15) is 0 Å². The highest BCUT2D eigenvalue weighted by atomic mass is 14.8. The van der Waals surface area contributed by atoms with Crippen LogP contribution >= 0.6 is 0 Å². The van der Waals surface area contributed by atoms with Gasteiger partial charge in [-0.25, -0.2) is 0 Å². The van der Waals surface area contributed by atoms with Crippen LogP contribution < -0.4 is 5.32 Å². The predicted molar refractivity (Wildman–Crippen MR) is 55.9 cm³/mol. The average Bonchev–Trinajstić information content (AvgIpc) is 2.62. The molecule has 0 saturated carbocycles. The van der Waals surface area contributed by atoms with Crippen molar-refractivity contribution in [1.82, 2.24) is 10.3 Å². The standard InChI is InChI=1S/C11H14N2/c1-12-7-5-9-3-2-4-11-10(9)6-8-13-11/h2-4,6,8,12-13H,5,7H2,1H3. The summed E-state index contributed by atoms with van der Waals surface area (Å²) in [4.78, 5) is 3.22. The van der Waals surface area contributed by atoms with Crippen LogP contribution in [0.15, 0.2) is 30.5 Å². The molecule has 2 N–H and O–H groups in total. The summed E-state index contributed by atoms with van der Waals surface area (Å²) in [6.07, 6.45) is 3.08. The van der Waals surface area contributed by atoms with Gasteiger partial charge in [-0.15, -0.1) is 0 Å². The molecule has 1 heterocycles. The zero-order valence-electron chi connectivity index (χ0n) is 7.80. The van der Waals surface area contributed by atoms with Gasteiger partial charge in [-0.05, 0) is 37.7 Å². The molecular formula is C11H14N2. The van der Waals surface area contributed by atoms with Gasteiger partial charge in [-0.3, -0.25) is 0 Å². The number of hydrogen-bond donors (Lipinski definition) is 2. The van der Waals surface area contributed by atoms with Crippen molar-refractivity contribution in [1.29, 1.82) is 0 Å². The van der Waals surface area contributed by atoms with Crippen molar-refractivity contribution in [2.75, 3.05) is 13.6 Å². The normalized spacial score (nSPS) is 10.8. The minimum atomic E-state index is 1.03. The van der Waals surface area contributed by atoms with Gasteiger partial charge in [0.05, 0.1) is 0 Å². The fraction of sp³-hybridized carbons (Fsp3) is 0.273. The van der Waals surface area contributed by atoms with Gasteiger partial charge in [0.25, 0.3) is 0 Å². The van der Waals surface area contributed by atoms with Crippen molar-refractivity contribution in [2.24, 2.45) is 0 Å². The predicted octanol–water partition coefficient (Wildman–Crippen LogP) is 1.93. The van der Waals surface area contributed by atoms with E-state index in [2.05, 4.69) is 34.6 Å². The Bertz CT molecular complexity index is 390. The molecule has 0 aliphatic rings. The molecule has 0 radical (unpaired) electrons. The first-order chi connectivity index (χ1) is 6.42. The maximum absolute atomic E-state index is 3.22. The van der Waals surface area contributed by atoms with E-state index in [4.69, 9.17) is 0 Å². The number of aromatic nitrogens is 1. The molecule has 2 nitrogen and oxygen atoms in total. The van der Waals surface area contributed by atoms with Crippen LogP contribution in [0.25, 0.3) is 10.9 Å². The summed E-state index contributed by atoms with van der Waals surface area (Å²) in [7, 11) is 1.98. The second kappa shape index (κ2) is 3.62. The Hall–Kier alpha value is -1.28. The van der Waals surface area contributed by atoms with E-state index in [1.807, 2.05) is 13.2 Å². The van der Waals surface area contributed by atoms with Crippen LogP contribution in [-0.2, 0) is 6.42 Å². The lowest BCUT2D eigenvalue weighted by Crippen LogP contribution is -2.10. The lowest BCUT2D eigenvalue weighted by molar-refractivity contribution is 0.795. The summed E-state index contributed by atoms with van der Waals surface area (Å²) in [5.41, 5.74) is 2.64. The number of likely N-dealkylation sites (N-methyl/N-ethyl adjacent to an activating group) is 1. The molecule has 0 atom stereocenters. The van der Waals surface area contributed by atoms with Gasteiger partial charge < -0.3 is 10.3 Å². The van der Waals surface area contributed by atoms with Crippen LogP contribution in [-0.4, -0.2) is 18.6 Å². The van der Waals surface area contributed by atoms with E-state index >= 15 is 0 Å². The number of nitrogens with one attached hydrogen (secondary N) is 2. The summed E-state index contributed by atoms with van der Waals surface area (Å²) in [5.74, 6) is 0. The molecule has 0 fully saturated rings. The Balaban J connectivity index is 2.37. The van der Waals surface area contributed by atoms with Crippen LogP contribution in [0.1, 0.15) is 5.56 Å². The molecule has 0 amide bonds. The zero-order chi connectivity index (χ0) is 9.10. The first-order valence-electron chi connectivity index (χ1n) is 4.61. The Morgan fingerprint density at radius 2 is 2.23 bits per heavy atom. The Labute approximate surface area is 78.0 Å². The SMILES string of the molecule is CNCCc1cccc2[nH]ccc12. The summed E-state index contributed by atoms with van der Waals surface area (Å²) >= 11 is 0. The highest BCUT2D eigenvalue weighted by molar-refractivity contribution is 5.82. The topological polar surface area (TPSA) is 27.8 Å². The lowest BCUT2D eigenvalue weighted by Gasteiger charge is -2.01. The summed E-state index contributed by atoms with van der Waals surface area (Å²) in [6, 6.07) is 8.54. The van der Waals surface area contributed by atoms with E-state index in [1.54, 1.807) is 0 Å². The van der Waals surface area contributed by atoms with Crippen LogP contribution in [0.2, 0.25) is 0 Å². The third kappa shape index (κ3) is 1.58. The molecule has 0 aliphatic heterocycles. The molecule has 2 aromatic rings. The van der Waals surface area contributed by atoms with E-state index in [0.29, 0.717) is 0 Å². The molecule has 13 heavy (non-hydrogen) atoms. The maximum Gasteiger partial charge on any atom is 0.0456 e. The highest BCUT2D eigenvalue weighted by Gasteiger charge is 1.99. The van der Waals surface area contributed by atoms with E-state index in [1.165, 1.54) is 16.5 Å². The van der Waals surface area contributed by atoms with Gasteiger partial charge in [0.2, 0.25) is 0 Å². The smallest absolute Gasteiger partial charge is 0.0456 e. The summed E-state index contributed by atoms with van der Waals surface area (Å²) in [6.45, 7) is 1.03. The second-order valence-corrected chi connectivity index (χ2v) is 3.21. The van der Waals surface area contributed by atoms with Crippen LogP contribution in [0.5, 0.6) is 0 Å². The van der Waals surface area contributed by atoms with Crippen molar-refractivity contribution in [3.05, 3.63) is 36.0 Å². The number of H-pyrrole nitrogens is 1. The van der Waals surface area contributed by atoms with Crippen LogP contribution in [0.4, 0.5) is 0 Å². The molecule has 0 unspecified atom stereocenters. The van der Waals surface area contributed by atoms with Crippen molar-refractivity contribution < 1.29 is 0 Å². The molecule has 0 bridgehead atoms. The molecule has 0 aliphatic carbocycles. The zero-order valence-corrected chi connectivity index (χ0v) is 7.80. The Kier molecular flexibility index (Phi) is 2.32. The van der Waals surface area contributed by atoms with Gasteiger partial charge >= 0.3 is 0 Å². The molecule has 0 spiro atoms. The highest BCUT2D eigenvalue weighted by Crippen LogP contribution is 2.17. The van der Waals surface area contributed by atoms with Gasteiger partial charge in [0.15, 0.2) is 0 Å². The minimum Gasteiger partial charge on any atom is -0.361 e. The quantitative estimate of drug-likeness (QED) is 0.731. The van der Waals surface area contributed by atoms with Crippen molar-refractivity contribution in [2.45, 2.75) is 6.42 Å².